The Labute approximate surface area is 169 Å². The molecule has 1 N–H and O–H groups in total. The fourth-order valence-electron chi connectivity index (χ4n) is 3.78. The van der Waals surface area contributed by atoms with Crippen molar-refractivity contribution in [3.8, 4) is 5.75 Å². The van der Waals surface area contributed by atoms with E-state index in [2.05, 4.69) is 47.1 Å². The lowest BCUT2D eigenvalue weighted by molar-refractivity contribution is -0.130. The number of nitrogens with zero attached hydrogens (tertiary/aromatic N) is 1. The normalized spacial score (nSPS) is 15.8. The molecule has 28 heavy (non-hydrogen) atoms. The predicted molar refractivity (Wildman–Crippen MR) is 114 cm³/mol. The van der Waals surface area contributed by atoms with Crippen molar-refractivity contribution in [2.75, 3.05) is 19.0 Å². The van der Waals surface area contributed by atoms with Gasteiger partial charge in [-0.1, -0.05) is 24.3 Å². The van der Waals surface area contributed by atoms with Gasteiger partial charge in [-0.2, -0.15) is 0 Å². The summed E-state index contributed by atoms with van der Waals surface area (Å²) in [5, 5.41) is 5.59. The minimum atomic E-state index is 0.0138. The maximum Gasteiger partial charge on any atom is 0.220 e. The SMILES string of the molecule is COc1cccc(CNc2ccc(C3c4ccsc4CCN3C(C)=O)cc2)c1. The number of ether oxygens (including phenoxy) is 1. The first-order valence-corrected chi connectivity index (χ1v) is 10.3. The van der Waals surface area contributed by atoms with E-state index in [1.165, 1.54) is 16.0 Å². The Kier molecular flexibility index (Phi) is 5.35. The molecule has 2 heterocycles. The van der Waals surface area contributed by atoms with Crippen molar-refractivity contribution in [2.45, 2.75) is 25.9 Å². The van der Waals surface area contributed by atoms with Crippen molar-refractivity contribution >= 4 is 22.9 Å². The van der Waals surface area contributed by atoms with Crippen LogP contribution in [0.3, 0.4) is 0 Å². The minimum Gasteiger partial charge on any atom is -0.497 e. The van der Waals surface area contributed by atoms with Crippen LogP contribution in [0.1, 0.15) is 34.5 Å². The van der Waals surface area contributed by atoms with Gasteiger partial charge >= 0.3 is 0 Å². The molecule has 4 rings (SSSR count). The van der Waals surface area contributed by atoms with Crippen LogP contribution < -0.4 is 10.1 Å². The van der Waals surface area contributed by atoms with Gasteiger partial charge in [-0.15, -0.1) is 11.3 Å². The van der Waals surface area contributed by atoms with Gasteiger partial charge in [-0.05, 0) is 58.8 Å². The van der Waals surface area contributed by atoms with Crippen LogP contribution >= 0.6 is 11.3 Å². The number of thiophene rings is 1. The summed E-state index contributed by atoms with van der Waals surface area (Å²) in [6.07, 6.45) is 0.948. The lowest BCUT2D eigenvalue weighted by Crippen LogP contribution is -2.38. The van der Waals surface area contributed by atoms with Crippen LogP contribution in [0.15, 0.2) is 60.0 Å². The van der Waals surface area contributed by atoms with E-state index in [4.69, 9.17) is 4.74 Å². The highest BCUT2D eigenvalue weighted by atomic mass is 32.1. The molecule has 0 bridgehead atoms. The molecule has 0 saturated heterocycles. The molecule has 144 valence electrons. The molecule has 1 amide bonds. The van der Waals surface area contributed by atoms with Gasteiger partial charge in [-0.3, -0.25) is 4.79 Å². The third-order valence-corrected chi connectivity index (χ3v) is 6.22. The monoisotopic (exact) mass is 392 g/mol. The van der Waals surface area contributed by atoms with Gasteiger partial charge in [-0.25, -0.2) is 0 Å². The number of fused-ring (bicyclic) bond motifs is 1. The number of hydrogen-bond donors (Lipinski definition) is 1. The van der Waals surface area contributed by atoms with Crippen LogP contribution in [0.2, 0.25) is 0 Å². The van der Waals surface area contributed by atoms with Crippen molar-refractivity contribution < 1.29 is 9.53 Å². The zero-order chi connectivity index (χ0) is 19.5. The van der Waals surface area contributed by atoms with Crippen LogP contribution in [-0.2, 0) is 17.8 Å². The maximum atomic E-state index is 12.2. The highest BCUT2D eigenvalue weighted by Crippen LogP contribution is 2.38. The molecule has 1 aliphatic heterocycles. The predicted octanol–water partition coefficient (Wildman–Crippen LogP) is 4.86. The van der Waals surface area contributed by atoms with E-state index in [1.54, 1.807) is 25.4 Å². The molecule has 1 atom stereocenters. The van der Waals surface area contributed by atoms with Crippen LogP contribution in [0.4, 0.5) is 5.69 Å². The first kappa shape index (κ1) is 18.6. The van der Waals surface area contributed by atoms with Crippen LogP contribution in [0, 0.1) is 0 Å². The molecular formula is C23H24N2O2S. The first-order valence-electron chi connectivity index (χ1n) is 9.46. The topological polar surface area (TPSA) is 41.6 Å². The summed E-state index contributed by atoms with van der Waals surface area (Å²) in [5.41, 5.74) is 4.65. The maximum absolute atomic E-state index is 12.2. The molecule has 1 unspecified atom stereocenters. The summed E-state index contributed by atoms with van der Waals surface area (Å²) in [4.78, 5) is 15.6. The lowest BCUT2D eigenvalue weighted by Gasteiger charge is -2.35. The van der Waals surface area contributed by atoms with Gasteiger partial charge in [0.05, 0.1) is 13.2 Å². The number of hydrogen-bond acceptors (Lipinski definition) is 4. The number of carbonyl (C=O) groups is 1. The zero-order valence-electron chi connectivity index (χ0n) is 16.1. The summed E-state index contributed by atoms with van der Waals surface area (Å²) in [5.74, 6) is 0.991. The van der Waals surface area contributed by atoms with Crippen LogP contribution in [0.5, 0.6) is 5.75 Å². The fourth-order valence-corrected chi connectivity index (χ4v) is 4.69. The number of benzene rings is 2. The van der Waals surface area contributed by atoms with Gasteiger partial charge < -0.3 is 15.0 Å². The summed E-state index contributed by atoms with van der Waals surface area (Å²) in [6, 6.07) is 18.7. The standard InChI is InChI=1S/C23H24N2O2S/c1-16(26)25-12-10-22-21(11-13-28-22)23(25)18-6-8-19(9-7-18)24-15-17-4-3-5-20(14-17)27-2/h3-9,11,13-14,23-24H,10,12,15H2,1-2H3. The lowest BCUT2D eigenvalue weighted by atomic mass is 9.93. The van der Waals surface area contributed by atoms with E-state index in [0.29, 0.717) is 0 Å². The van der Waals surface area contributed by atoms with Crippen molar-refractivity contribution in [2.24, 2.45) is 0 Å². The van der Waals surface area contributed by atoms with Crippen LogP contribution in [-0.4, -0.2) is 24.5 Å². The third kappa shape index (κ3) is 3.76. The molecule has 0 aliphatic carbocycles. The molecule has 4 nitrogen and oxygen atoms in total. The molecule has 1 aliphatic rings. The first-order chi connectivity index (χ1) is 13.7. The second kappa shape index (κ2) is 8.07. The van der Waals surface area contributed by atoms with E-state index in [0.717, 1.165) is 36.5 Å². The van der Waals surface area contributed by atoms with Gasteiger partial charge in [0.15, 0.2) is 0 Å². The Bertz CT molecular complexity index is 965. The van der Waals surface area contributed by atoms with E-state index in [-0.39, 0.29) is 11.9 Å². The molecule has 5 heteroatoms. The highest BCUT2D eigenvalue weighted by Gasteiger charge is 2.31. The quantitative estimate of drug-likeness (QED) is 0.674. The summed E-state index contributed by atoms with van der Waals surface area (Å²) in [6.45, 7) is 3.17. The van der Waals surface area contributed by atoms with Crippen molar-refractivity contribution in [1.29, 1.82) is 0 Å². The molecule has 0 saturated carbocycles. The number of nitrogens with one attached hydrogen (secondary N) is 1. The number of carbonyl (C=O) groups excluding carboxylic acids is 1. The largest absolute Gasteiger partial charge is 0.497 e. The average Bonchev–Trinajstić information content (AvgIpc) is 3.21. The summed E-state index contributed by atoms with van der Waals surface area (Å²) < 4.78 is 5.28. The Morgan fingerprint density at radius 2 is 2.04 bits per heavy atom. The number of amides is 1. The Balaban J connectivity index is 1.51. The van der Waals surface area contributed by atoms with Crippen molar-refractivity contribution in [3.05, 3.63) is 81.5 Å². The number of anilines is 1. The summed E-state index contributed by atoms with van der Waals surface area (Å²) >= 11 is 1.79. The number of rotatable bonds is 5. The third-order valence-electron chi connectivity index (χ3n) is 5.23. The van der Waals surface area contributed by atoms with Gasteiger partial charge in [0.2, 0.25) is 5.91 Å². The smallest absolute Gasteiger partial charge is 0.220 e. The molecule has 3 aromatic rings. The molecule has 2 aromatic carbocycles. The van der Waals surface area contributed by atoms with E-state index in [1.807, 2.05) is 23.1 Å². The van der Waals surface area contributed by atoms with E-state index in [9.17, 15) is 4.79 Å². The highest BCUT2D eigenvalue weighted by molar-refractivity contribution is 7.10. The van der Waals surface area contributed by atoms with Gasteiger partial charge in [0.25, 0.3) is 0 Å². The Morgan fingerprint density at radius 1 is 1.21 bits per heavy atom. The molecule has 1 aromatic heterocycles. The second-order valence-electron chi connectivity index (χ2n) is 6.99. The van der Waals surface area contributed by atoms with Crippen molar-refractivity contribution in [3.63, 3.8) is 0 Å². The van der Waals surface area contributed by atoms with E-state index >= 15 is 0 Å². The molecule has 0 fully saturated rings. The molecule has 0 radical (unpaired) electrons. The zero-order valence-corrected chi connectivity index (χ0v) is 17.0. The minimum absolute atomic E-state index is 0.0138. The Morgan fingerprint density at radius 3 is 2.79 bits per heavy atom. The van der Waals surface area contributed by atoms with Crippen molar-refractivity contribution in [1.82, 2.24) is 4.90 Å². The fraction of sp³-hybridized carbons (Fsp3) is 0.261. The van der Waals surface area contributed by atoms with Gasteiger partial charge in [0, 0.05) is 30.6 Å². The van der Waals surface area contributed by atoms with Gasteiger partial charge in [0.1, 0.15) is 5.75 Å². The molecular weight excluding hydrogens is 368 g/mol. The van der Waals surface area contributed by atoms with E-state index < -0.39 is 0 Å². The Hall–Kier alpha value is -2.79. The molecule has 0 spiro atoms. The second-order valence-corrected chi connectivity index (χ2v) is 7.99. The average molecular weight is 393 g/mol. The number of methoxy groups -OCH3 is 1. The summed E-state index contributed by atoms with van der Waals surface area (Å²) in [7, 11) is 1.68. The van der Waals surface area contributed by atoms with Crippen LogP contribution in [0.25, 0.3) is 0 Å².